The summed E-state index contributed by atoms with van der Waals surface area (Å²) in [5.41, 5.74) is 4.05. The minimum atomic E-state index is -1.75. The molecule has 0 spiro atoms. The number of carbonyl (C=O) groups excluding carboxylic acids is 2. The van der Waals surface area contributed by atoms with Crippen molar-refractivity contribution in [3.05, 3.63) is 34.6 Å². The number of carboxylic acids is 2. The number of anilines is 1. The molecule has 5 N–H and O–H groups in total. The molecule has 1 aromatic heterocycles. The summed E-state index contributed by atoms with van der Waals surface area (Å²) >= 11 is 3.74. The van der Waals surface area contributed by atoms with Gasteiger partial charge in [-0.2, -0.15) is 0 Å². The maximum Gasteiger partial charge on any atom is 0.352 e. The van der Waals surface area contributed by atoms with Crippen molar-refractivity contribution in [1.29, 1.82) is 0 Å². The smallest absolute Gasteiger partial charge is 0.352 e. The summed E-state index contributed by atoms with van der Waals surface area (Å²) < 4.78 is 0. The number of thiazole rings is 1. The molecular weight excluding hydrogens is 570 g/mol. The molecule has 4 heterocycles. The fourth-order valence-electron chi connectivity index (χ4n) is 3.60. The number of nitrogens with two attached hydrogens (primary N) is 1. The first-order valence-corrected chi connectivity index (χ1v) is 14.3. The highest BCUT2D eigenvalue weighted by Crippen LogP contribution is 2.41. The van der Waals surface area contributed by atoms with Gasteiger partial charge in [-0.3, -0.25) is 14.5 Å². The Balaban J connectivity index is 1.51. The molecule has 2 atom stereocenters. The third-order valence-corrected chi connectivity index (χ3v) is 8.95. The van der Waals surface area contributed by atoms with Gasteiger partial charge in [-0.15, -0.1) is 23.1 Å². The van der Waals surface area contributed by atoms with Gasteiger partial charge in [0.2, 0.25) is 5.60 Å². The average molecular weight is 596 g/mol. The first-order valence-electron chi connectivity index (χ1n) is 11.4. The highest BCUT2D eigenvalue weighted by Gasteiger charge is 2.54. The van der Waals surface area contributed by atoms with Crippen LogP contribution >= 0.6 is 34.9 Å². The standard InChI is InChI=1S/C22H25N7O7S3/c1-22(2,19(34)35)36-27-12(11-9-38-20(23)25-11)15(30)26-13-16(31)29-14(18(32)33)10(7-37-17(13)29)8-39-21-24-5-4-6-28(21)3/h4-5,9,13,17H,6-8H2,1-3H3,(H2,23,25)(H,26,30)(H,32,33)(H,34,35)/t13-,17-/m1/s1. The van der Waals surface area contributed by atoms with E-state index in [9.17, 15) is 29.4 Å². The highest BCUT2D eigenvalue weighted by molar-refractivity contribution is 8.14. The van der Waals surface area contributed by atoms with Crippen molar-refractivity contribution in [2.45, 2.75) is 30.9 Å². The van der Waals surface area contributed by atoms with Crippen LogP contribution in [0.15, 0.2) is 39.1 Å². The lowest BCUT2D eigenvalue weighted by Gasteiger charge is -2.49. The van der Waals surface area contributed by atoms with Crippen molar-refractivity contribution < 1.29 is 34.2 Å². The number of β-lactam (4-membered cyclic amide) rings is 1. The Morgan fingerprint density at radius 3 is 2.72 bits per heavy atom. The summed E-state index contributed by atoms with van der Waals surface area (Å²) in [6.45, 7) is 3.19. The van der Waals surface area contributed by atoms with Crippen molar-refractivity contribution in [3.8, 4) is 0 Å². The van der Waals surface area contributed by atoms with Crippen LogP contribution < -0.4 is 11.1 Å². The van der Waals surface area contributed by atoms with Crippen LogP contribution in [0.3, 0.4) is 0 Å². The molecule has 1 fully saturated rings. The van der Waals surface area contributed by atoms with E-state index in [2.05, 4.69) is 20.4 Å². The normalized spacial score (nSPS) is 21.3. The van der Waals surface area contributed by atoms with Crippen molar-refractivity contribution in [2.75, 3.05) is 30.8 Å². The van der Waals surface area contributed by atoms with Crippen LogP contribution in [0.4, 0.5) is 5.13 Å². The lowest BCUT2D eigenvalue weighted by atomic mass is 10.0. The zero-order chi connectivity index (χ0) is 28.5. The monoisotopic (exact) mass is 595 g/mol. The summed E-state index contributed by atoms with van der Waals surface area (Å²) in [5.74, 6) is -3.34. The molecule has 0 bridgehead atoms. The number of hydrogen-bond acceptors (Lipinski definition) is 13. The summed E-state index contributed by atoms with van der Waals surface area (Å²) in [5, 5.41) is 27.2. The molecule has 39 heavy (non-hydrogen) atoms. The Labute approximate surface area is 235 Å². The number of carbonyl (C=O) groups is 4. The SMILES string of the molecule is CN1CC=CN=C1SCC1=C(C(=O)O)N2C(=O)[C@@H](NC(=O)C(=NOC(C)(C)C(=O)O)c3csc(N)n3)[C@H]2SC1. The maximum absolute atomic E-state index is 13.2. The number of amidine groups is 1. The quantitative estimate of drug-likeness (QED) is 0.176. The number of aromatic nitrogens is 1. The van der Waals surface area contributed by atoms with Gasteiger partial charge in [0.05, 0.1) is 0 Å². The highest BCUT2D eigenvalue weighted by atomic mass is 32.2. The van der Waals surface area contributed by atoms with Crippen LogP contribution in [-0.2, 0) is 24.0 Å². The molecule has 2 amide bonds. The molecule has 14 nitrogen and oxygen atoms in total. The van der Waals surface area contributed by atoms with Crippen molar-refractivity contribution in [1.82, 2.24) is 20.1 Å². The van der Waals surface area contributed by atoms with Crippen LogP contribution in [0.1, 0.15) is 19.5 Å². The number of aliphatic imine (C=N–C) groups is 1. The lowest BCUT2D eigenvalue weighted by Crippen LogP contribution is -2.71. The Bertz CT molecular complexity index is 1340. The van der Waals surface area contributed by atoms with E-state index in [1.165, 1.54) is 47.7 Å². The minimum absolute atomic E-state index is 0.0342. The summed E-state index contributed by atoms with van der Waals surface area (Å²) in [6, 6.07) is -1.04. The second-order valence-electron chi connectivity index (χ2n) is 9.00. The molecule has 3 aliphatic heterocycles. The number of likely N-dealkylation sites (N-methyl/N-ethyl adjacent to an activating group) is 1. The Morgan fingerprint density at radius 1 is 1.36 bits per heavy atom. The van der Waals surface area contributed by atoms with E-state index in [4.69, 9.17) is 10.6 Å². The number of nitrogens with zero attached hydrogens (tertiary/aromatic N) is 5. The van der Waals surface area contributed by atoms with Crippen LogP contribution in [0, 0.1) is 0 Å². The van der Waals surface area contributed by atoms with E-state index in [0.717, 1.165) is 16.5 Å². The van der Waals surface area contributed by atoms with Crippen molar-refractivity contribution in [2.24, 2.45) is 10.1 Å². The minimum Gasteiger partial charge on any atom is -0.478 e. The van der Waals surface area contributed by atoms with Gasteiger partial charge in [-0.1, -0.05) is 16.9 Å². The van der Waals surface area contributed by atoms with E-state index in [1.54, 1.807) is 6.20 Å². The van der Waals surface area contributed by atoms with E-state index in [1.807, 2.05) is 18.0 Å². The van der Waals surface area contributed by atoms with E-state index in [-0.39, 0.29) is 22.2 Å². The van der Waals surface area contributed by atoms with Gasteiger partial charge in [-0.05, 0) is 25.5 Å². The molecule has 0 aliphatic carbocycles. The van der Waals surface area contributed by atoms with Crippen molar-refractivity contribution >= 4 is 74.6 Å². The lowest BCUT2D eigenvalue weighted by molar-refractivity contribution is -0.161. The number of hydrogen-bond donors (Lipinski definition) is 4. The topological polar surface area (TPSA) is 200 Å². The molecule has 0 aromatic carbocycles. The molecule has 0 radical (unpaired) electrons. The molecule has 1 aromatic rings. The first kappa shape index (κ1) is 28.4. The van der Waals surface area contributed by atoms with Crippen LogP contribution in [0.5, 0.6) is 0 Å². The summed E-state index contributed by atoms with van der Waals surface area (Å²) in [6.07, 6.45) is 3.59. The molecular formula is C22H25N7O7S3. The van der Waals surface area contributed by atoms with Crippen molar-refractivity contribution in [3.63, 3.8) is 0 Å². The van der Waals surface area contributed by atoms with Crippen LogP contribution in [-0.4, -0.2) is 102 Å². The number of oxime groups is 1. The molecule has 0 saturated carbocycles. The number of nitrogen functional groups attached to an aromatic ring is 1. The maximum atomic E-state index is 13.2. The third-order valence-electron chi connectivity index (χ3n) is 5.77. The predicted molar refractivity (Wildman–Crippen MR) is 147 cm³/mol. The average Bonchev–Trinajstić information content (AvgIpc) is 3.31. The van der Waals surface area contributed by atoms with Gasteiger partial charge in [0.1, 0.15) is 22.8 Å². The molecule has 3 aliphatic rings. The number of nitrogens with one attached hydrogen (secondary N) is 1. The van der Waals surface area contributed by atoms with Crippen LogP contribution in [0.25, 0.3) is 0 Å². The van der Waals surface area contributed by atoms with Gasteiger partial charge in [0.25, 0.3) is 11.8 Å². The summed E-state index contributed by atoms with van der Waals surface area (Å²) in [4.78, 5) is 66.3. The van der Waals surface area contributed by atoms with Crippen LogP contribution in [0.2, 0.25) is 0 Å². The second kappa shape index (κ2) is 11.3. The van der Waals surface area contributed by atoms with Gasteiger partial charge >= 0.3 is 11.9 Å². The number of carboxylic acid groups (broad SMARTS) is 2. The first-order chi connectivity index (χ1) is 18.4. The number of thioether (sulfide) groups is 2. The van der Waals surface area contributed by atoms with Gasteiger partial charge in [0.15, 0.2) is 16.0 Å². The second-order valence-corrected chi connectivity index (χ2v) is 11.9. The number of rotatable bonds is 9. The molecule has 1 saturated heterocycles. The molecule has 4 rings (SSSR count). The van der Waals surface area contributed by atoms with Gasteiger partial charge in [0, 0.05) is 36.7 Å². The summed E-state index contributed by atoms with van der Waals surface area (Å²) in [7, 11) is 1.88. The molecule has 0 unspecified atom stereocenters. The van der Waals surface area contributed by atoms with Gasteiger partial charge in [-0.25, -0.2) is 19.6 Å². The van der Waals surface area contributed by atoms with Gasteiger partial charge < -0.3 is 31.0 Å². The fourth-order valence-corrected chi connectivity index (χ4v) is 6.60. The number of amides is 2. The zero-order valence-corrected chi connectivity index (χ0v) is 23.4. The number of aliphatic carboxylic acids is 2. The van der Waals surface area contributed by atoms with E-state index in [0.29, 0.717) is 23.6 Å². The molecule has 17 heteroatoms. The molecule has 208 valence electrons. The third kappa shape index (κ3) is 5.89. The van der Waals surface area contributed by atoms with E-state index >= 15 is 0 Å². The Kier molecular flexibility index (Phi) is 8.22. The fraction of sp³-hybridized carbons (Fsp3) is 0.409. The largest absolute Gasteiger partial charge is 0.478 e. The van der Waals surface area contributed by atoms with E-state index < -0.39 is 40.8 Å². The Morgan fingerprint density at radius 2 is 2.10 bits per heavy atom. The number of fused-ring (bicyclic) bond motifs is 1. The predicted octanol–water partition coefficient (Wildman–Crippen LogP) is 0.596. The zero-order valence-electron chi connectivity index (χ0n) is 21.0. The Hall–Kier alpha value is -3.57.